The summed E-state index contributed by atoms with van der Waals surface area (Å²) in [4.78, 5) is 2.12. The molecule has 1 fully saturated rings. The Morgan fingerprint density at radius 3 is 3.12 bits per heavy atom. The maximum atomic E-state index is 8.70. The maximum absolute atomic E-state index is 8.70. The molecule has 1 aromatic rings. The highest BCUT2D eigenvalue weighted by molar-refractivity contribution is 6.01. The van der Waals surface area contributed by atoms with E-state index >= 15 is 0 Å². The molecule has 0 amide bonds. The van der Waals surface area contributed by atoms with E-state index in [2.05, 4.69) is 27.2 Å². The van der Waals surface area contributed by atoms with Gasteiger partial charge in [-0.05, 0) is 18.4 Å². The molecule has 3 N–H and O–H groups in total. The van der Waals surface area contributed by atoms with Crippen molar-refractivity contribution in [3.8, 4) is 0 Å². The fourth-order valence-electron chi connectivity index (χ4n) is 1.94. The number of oxime groups is 1. The lowest BCUT2D eigenvalue weighted by Crippen LogP contribution is -2.25. The normalized spacial score (nSPS) is 21.4. The summed E-state index contributed by atoms with van der Waals surface area (Å²) in [5.74, 6) is 1.41. The average Bonchev–Trinajstić information content (AvgIpc) is 2.75. The molecule has 16 heavy (non-hydrogen) atoms. The van der Waals surface area contributed by atoms with E-state index in [1.54, 1.807) is 6.07 Å². The number of aromatic nitrogens is 2. The van der Waals surface area contributed by atoms with Crippen molar-refractivity contribution < 1.29 is 5.21 Å². The van der Waals surface area contributed by atoms with Crippen LogP contribution >= 0.6 is 0 Å². The molecule has 1 aromatic heterocycles. The third-order valence-electron chi connectivity index (χ3n) is 2.81. The minimum atomic E-state index is 0.0736. The number of hydrogen-bond donors (Lipinski definition) is 2. The molecule has 1 saturated heterocycles. The molecular formula is C10H15N5O. The highest BCUT2D eigenvalue weighted by atomic mass is 16.4. The third-order valence-corrected chi connectivity index (χ3v) is 2.81. The molecule has 0 saturated carbocycles. The van der Waals surface area contributed by atoms with E-state index in [9.17, 15) is 0 Å². The number of nitrogens with zero attached hydrogens (tertiary/aromatic N) is 4. The number of amidine groups is 1. The summed E-state index contributed by atoms with van der Waals surface area (Å²) in [5, 5.41) is 19.6. The van der Waals surface area contributed by atoms with Crippen molar-refractivity contribution in [3.05, 3.63) is 17.8 Å². The zero-order valence-electron chi connectivity index (χ0n) is 9.17. The SMILES string of the molecule is CC1CCN(c2nnccc2/C(N)=N/O)C1. The Morgan fingerprint density at radius 2 is 2.50 bits per heavy atom. The predicted molar refractivity (Wildman–Crippen MR) is 60.5 cm³/mol. The van der Waals surface area contributed by atoms with Crippen LogP contribution in [0, 0.1) is 5.92 Å². The molecule has 0 aliphatic carbocycles. The van der Waals surface area contributed by atoms with E-state index in [0.29, 0.717) is 17.3 Å². The van der Waals surface area contributed by atoms with Crippen molar-refractivity contribution in [2.75, 3.05) is 18.0 Å². The van der Waals surface area contributed by atoms with Crippen molar-refractivity contribution in [2.24, 2.45) is 16.8 Å². The van der Waals surface area contributed by atoms with Crippen molar-refractivity contribution in [2.45, 2.75) is 13.3 Å². The second-order valence-corrected chi connectivity index (χ2v) is 4.09. The second kappa shape index (κ2) is 4.34. The summed E-state index contributed by atoms with van der Waals surface area (Å²) in [6.45, 7) is 4.06. The van der Waals surface area contributed by atoms with Gasteiger partial charge in [-0.3, -0.25) is 0 Å². The molecule has 0 radical (unpaired) electrons. The van der Waals surface area contributed by atoms with Crippen molar-refractivity contribution >= 4 is 11.7 Å². The summed E-state index contributed by atoms with van der Waals surface area (Å²) in [6, 6.07) is 1.71. The zero-order valence-corrected chi connectivity index (χ0v) is 9.17. The van der Waals surface area contributed by atoms with Crippen LogP contribution in [0.15, 0.2) is 17.4 Å². The molecule has 2 heterocycles. The van der Waals surface area contributed by atoms with Crippen molar-refractivity contribution in [1.82, 2.24) is 10.2 Å². The molecule has 1 aliphatic rings. The Kier molecular flexibility index (Phi) is 2.89. The molecule has 0 aromatic carbocycles. The third kappa shape index (κ3) is 1.91. The fraction of sp³-hybridized carbons (Fsp3) is 0.500. The van der Waals surface area contributed by atoms with Crippen LogP contribution < -0.4 is 10.6 Å². The minimum absolute atomic E-state index is 0.0736. The van der Waals surface area contributed by atoms with Crippen LogP contribution in [0.25, 0.3) is 0 Å². The van der Waals surface area contributed by atoms with Gasteiger partial charge in [0.05, 0.1) is 11.8 Å². The first-order chi connectivity index (χ1) is 7.72. The highest BCUT2D eigenvalue weighted by Crippen LogP contribution is 2.23. The van der Waals surface area contributed by atoms with E-state index < -0.39 is 0 Å². The monoisotopic (exact) mass is 221 g/mol. The van der Waals surface area contributed by atoms with Crippen LogP contribution in [0.2, 0.25) is 0 Å². The number of rotatable bonds is 2. The molecule has 1 atom stereocenters. The number of anilines is 1. The first-order valence-corrected chi connectivity index (χ1v) is 5.27. The van der Waals surface area contributed by atoms with Gasteiger partial charge in [-0.1, -0.05) is 12.1 Å². The van der Waals surface area contributed by atoms with Crippen LogP contribution in [-0.4, -0.2) is 34.3 Å². The molecule has 6 heteroatoms. The standard InChI is InChI=1S/C10H15N5O/c1-7-3-5-15(6-7)10-8(9(11)14-16)2-4-12-13-10/h2,4,7,16H,3,5-6H2,1H3,(H2,11,14). The van der Waals surface area contributed by atoms with Crippen LogP contribution in [0.3, 0.4) is 0 Å². The van der Waals surface area contributed by atoms with Crippen molar-refractivity contribution in [3.63, 3.8) is 0 Å². The molecule has 6 nitrogen and oxygen atoms in total. The summed E-state index contributed by atoms with van der Waals surface area (Å²) < 4.78 is 0. The summed E-state index contributed by atoms with van der Waals surface area (Å²) in [6.07, 6.45) is 2.67. The zero-order chi connectivity index (χ0) is 11.5. The van der Waals surface area contributed by atoms with Crippen LogP contribution in [0.1, 0.15) is 18.9 Å². The van der Waals surface area contributed by atoms with E-state index in [0.717, 1.165) is 19.5 Å². The lowest BCUT2D eigenvalue weighted by molar-refractivity contribution is 0.318. The van der Waals surface area contributed by atoms with Gasteiger partial charge in [0.1, 0.15) is 0 Å². The summed E-state index contributed by atoms with van der Waals surface area (Å²) >= 11 is 0. The highest BCUT2D eigenvalue weighted by Gasteiger charge is 2.23. The largest absolute Gasteiger partial charge is 0.409 e. The van der Waals surface area contributed by atoms with Crippen molar-refractivity contribution in [1.29, 1.82) is 0 Å². The molecule has 86 valence electrons. The fourth-order valence-corrected chi connectivity index (χ4v) is 1.94. The summed E-state index contributed by atoms with van der Waals surface area (Å²) in [7, 11) is 0. The first-order valence-electron chi connectivity index (χ1n) is 5.27. The van der Waals surface area contributed by atoms with Gasteiger partial charge in [-0.25, -0.2) is 0 Å². The molecule has 0 bridgehead atoms. The topological polar surface area (TPSA) is 87.6 Å². The Hall–Kier alpha value is -1.85. The van der Waals surface area contributed by atoms with Gasteiger partial charge in [0.15, 0.2) is 11.7 Å². The van der Waals surface area contributed by atoms with Crippen LogP contribution in [0.5, 0.6) is 0 Å². The van der Waals surface area contributed by atoms with E-state index in [4.69, 9.17) is 10.9 Å². The average molecular weight is 221 g/mol. The predicted octanol–water partition coefficient (Wildman–Crippen LogP) is 0.417. The Labute approximate surface area is 93.8 Å². The first kappa shape index (κ1) is 10.7. The smallest absolute Gasteiger partial charge is 0.173 e. The Morgan fingerprint density at radius 1 is 1.69 bits per heavy atom. The lowest BCUT2D eigenvalue weighted by atomic mass is 10.2. The second-order valence-electron chi connectivity index (χ2n) is 4.09. The molecule has 1 aliphatic heterocycles. The van der Waals surface area contributed by atoms with Gasteiger partial charge < -0.3 is 15.8 Å². The van der Waals surface area contributed by atoms with Gasteiger partial charge >= 0.3 is 0 Å². The quantitative estimate of drug-likeness (QED) is 0.327. The molecule has 2 rings (SSSR count). The summed E-state index contributed by atoms with van der Waals surface area (Å²) in [5.41, 5.74) is 6.23. The van der Waals surface area contributed by atoms with E-state index in [1.165, 1.54) is 6.20 Å². The van der Waals surface area contributed by atoms with Gasteiger partial charge in [-0.2, -0.15) is 5.10 Å². The van der Waals surface area contributed by atoms with E-state index in [1.807, 2.05) is 0 Å². The van der Waals surface area contributed by atoms with Crippen LogP contribution in [0.4, 0.5) is 5.82 Å². The number of nitrogens with two attached hydrogens (primary N) is 1. The molecule has 0 spiro atoms. The maximum Gasteiger partial charge on any atom is 0.173 e. The van der Waals surface area contributed by atoms with Gasteiger partial charge in [0.25, 0.3) is 0 Å². The van der Waals surface area contributed by atoms with Gasteiger partial charge in [0, 0.05) is 13.1 Å². The van der Waals surface area contributed by atoms with E-state index in [-0.39, 0.29) is 5.84 Å². The minimum Gasteiger partial charge on any atom is -0.409 e. The Balaban J connectivity index is 2.33. The molecular weight excluding hydrogens is 206 g/mol. The number of hydrogen-bond acceptors (Lipinski definition) is 5. The van der Waals surface area contributed by atoms with Crippen LogP contribution in [-0.2, 0) is 0 Å². The van der Waals surface area contributed by atoms with Gasteiger partial charge in [-0.15, -0.1) is 5.10 Å². The lowest BCUT2D eigenvalue weighted by Gasteiger charge is -2.18. The molecule has 1 unspecified atom stereocenters. The van der Waals surface area contributed by atoms with Gasteiger partial charge in [0.2, 0.25) is 0 Å². The Bertz CT molecular complexity index is 406.